The highest BCUT2D eigenvalue weighted by molar-refractivity contribution is 5.92. The summed E-state index contributed by atoms with van der Waals surface area (Å²) in [6.07, 6.45) is 1.53. The fraction of sp³-hybridized carbons (Fsp3) is 0.348. The first-order valence-electron chi connectivity index (χ1n) is 10.4. The van der Waals surface area contributed by atoms with Gasteiger partial charge in [-0.05, 0) is 37.3 Å². The predicted molar refractivity (Wildman–Crippen MR) is 120 cm³/mol. The summed E-state index contributed by atoms with van der Waals surface area (Å²) in [4.78, 5) is 20.2. The van der Waals surface area contributed by atoms with Crippen LogP contribution in [0.25, 0.3) is 10.9 Å². The number of carbonyl (C=O) groups is 1. The van der Waals surface area contributed by atoms with Gasteiger partial charge < -0.3 is 19.4 Å². The van der Waals surface area contributed by atoms with E-state index in [0.29, 0.717) is 24.7 Å². The highest BCUT2D eigenvalue weighted by Crippen LogP contribution is 2.27. The molecule has 7 nitrogen and oxygen atoms in total. The molecule has 4 rings (SSSR count). The highest BCUT2D eigenvalue weighted by Gasteiger charge is 2.19. The molecule has 0 spiro atoms. The van der Waals surface area contributed by atoms with Gasteiger partial charge in [-0.25, -0.2) is 4.79 Å². The molecule has 158 valence electrons. The number of hydrogen-bond donors (Lipinski definition) is 2. The zero-order valence-corrected chi connectivity index (χ0v) is 17.3. The second kappa shape index (κ2) is 9.54. The van der Waals surface area contributed by atoms with Gasteiger partial charge in [-0.3, -0.25) is 10.2 Å². The number of H-pyrrole nitrogens is 1. The van der Waals surface area contributed by atoms with Gasteiger partial charge in [0.15, 0.2) is 0 Å². The lowest BCUT2D eigenvalue weighted by atomic mass is 10.1. The molecule has 2 heterocycles. The van der Waals surface area contributed by atoms with Crippen molar-refractivity contribution in [1.82, 2.24) is 9.88 Å². The number of ether oxygens (including phenoxy) is 2. The van der Waals surface area contributed by atoms with Gasteiger partial charge >= 0.3 is 6.09 Å². The number of amides is 1. The van der Waals surface area contributed by atoms with Crippen LogP contribution in [0, 0.1) is 0 Å². The molecule has 1 amide bonds. The summed E-state index contributed by atoms with van der Waals surface area (Å²) in [7, 11) is 0. The number of aromatic amines is 1. The molecule has 30 heavy (non-hydrogen) atoms. The van der Waals surface area contributed by atoms with Gasteiger partial charge in [-0.1, -0.05) is 18.2 Å². The van der Waals surface area contributed by atoms with Crippen molar-refractivity contribution in [1.29, 1.82) is 0 Å². The third-order valence-electron chi connectivity index (χ3n) is 5.35. The standard InChI is InChI=1S/C23H28N4O3/c1-2-29-22-9-4-3-6-20(22)25-23(28)30-17-16-26-12-14-27(15-13-26)21-8-5-7-19-18(21)10-11-24-19/h3-11,24H,2,12-17H2,1H3,(H,25,28). The van der Waals surface area contributed by atoms with Gasteiger partial charge in [0.2, 0.25) is 0 Å². The van der Waals surface area contributed by atoms with Crippen molar-refractivity contribution < 1.29 is 14.3 Å². The maximum Gasteiger partial charge on any atom is 0.411 e. The van der Waals surface area contributed by atoms with E-state index in [9.17, 15) is 4.79 Å². The molecule has 1 fully saturated rings. The lowest BCUT2D eigenvalue weighted by Crippen LogP contribution is -2.47. The Hall–Kier alpha value is -3.19. The van der Waals surface area contributed by atoms with Crippen LogP contribution in [-0.2, 0) is 4.74 Å². The van der Waals surface area contributed by atoms with Crippen molar-refractivity contribution in [2.75, 3.05) is 56.2 Å². The Kier molecular flexibility index (Phi) is 6.39. The van der Waals surface area contributed by atoms with E-state index in [2.05, 4.69) is 44.4 Å². The Labute approximate surface area is 176 Å². The van der Waals surface area contributed by atoms with E-state index >= 15 is 0 Å². The molecule has 2 N–H and O–H groups in total. The largest absolute Gasteiger partial charge is 0.492 e. The molecular formula is C23H28N4O3. The number of carbonyl (C=O) groups excluding carboxylic acids is 1. The molecule has 0 radical (unpaired) electrons. The molecule has 3 aromatic rings. The summed E-state index contributed by atoms with van der Waals surface area (Å²) in [5.41, 5.74) is 3.06. The van der Waals surface area contributed by atoms with Crippen LogP contribution in [0.5, 0.6) is 5.75 Å². The van der Waals surface area contributed by atoms with Gasteiger partial charge in [0, 0.05) is 55.5 Å². The maximum absolute atomic E-state index is 12.1. The van der Waals surface area contributed by atoms with E-state index in [0.717, 1.165) is 32.7 Å². The summed E-state index contributed by atoms with van der Waals surface area (Å²) in [5, 5.41) is 4.02. The molecule has 0 bridgehead atoms. The summed E-state index contributed by atoms with van der Waals surface area (Å²) >= 11 is 0. The van der Waals surface area contributed by atoms with Gasteiger partial charge in [0.25, 0.3) is 0 Å². The van der Waals surface area contributed by atoms with E-state index < -0.39 is 6.09 Å². The van der Waals surface area contributed by atoms with Crippen LogP contribution in [0.4, 0.5) is 16.2 Å². The first-order chi connectivity index (χ1) is 14.7. The second-order valence-electron chi connectivity index (χ2n) is 7.23. The molecule has 2 aromatic carbocycles. The number of rotatable bonds is 7. The van der Waals surface area contributed by atoms with Crippen molar-refractivity contribution >= 4 is 28.4 Å². The quantitative estimate of drug-likeness (QED) is 0.620. The number of aromatic nitrogens is 1. The predicted octanol–water partition coefficient (Wildman–Crippen LogP) is 3.94. The molecule has 0 unspecified atom stereocenters. The van der Waals surface area contributed by atoms with E-state index in [4.69, 9.17) is 9.47 Å². The minimum absolute atomic E-state index is 0.357. The lowest BCUT2D eigenvalue weighted by Gasteiger charge is -2.36. The number of nitrogens with one attached hydrogen (secondary N) is 2. The monoisotopic (exact) mass is 408 g/mol. The summed E-state index contributed by atoms with van der Waals surface area (Å²) in [6, 6.07) is 15.9. The third-order valence-corrected chi connectivity index (χ3v) is 5.35. The Bertz CT molecular complexity index is 979. The Morgan fingerprint density at radius 1 is 1.07 bits per heavy atom. The molecule has 1 aliphatic heterocycles. The fourth-order valence-corrected chi connectivity index (χ4v) is 3.82. The SMILES string of the molecule is CCOc1ccccc1NC(=O)OCCN1CCN(c2cccc3[nH]ccc23)CC1. The van der Waals surface area contributed by atoms with E-state index in [1.165, 1.54) is 16.6 Å². The summed E-state index contributed by atoms with van der Waals surface area (Å²) in [6.45, 7) is 7.33. The number of benzene rings is 2. The van der Waals surface area contributed by atoms with Crippen LogP contribution in [0.15, 0.2) is 54.7 Å². The highest BCUT2D eigenvalue weighted by atomic mass is 16.5. The van der Waals surface area contributed by atoms with Crippen LogP contribution < -0.4 is 15.0 Å². The summed E-state index contributed by atoms with van der Waals surface area (Å²) < 4.78 is 10.9. The normalized spacial score (nSPS) is 14.6. The molecule has 7 heteroatoms. The Balaban J connectivity index is 1.22. The van der Waals surface area contributed by atoms with Crippen LogP contribution in [0.3, 0.4) is 0 Å². The maximum atomic E-state index is 12.1. The van der Waals surface area contributed by atoms with Crippen molar-refractivity contribution in [3.8, 4) is 5.75 Å². The van der Waals surface area contributed by atoms with Crippen LogP contribution in [0.1, 0.15) is 6.92 Å². The minimum Gasteiger partial charge on any atom is -0.492 e. The first-order valence-corrected chi connectivity index (χ1v) is 10.4. The minimum atomic E-state index is -0.458. The molecule has 0 atom stereocenters. The molecule has 1 aromatic heterocycles. The molecule has 1 aliphatic rings. The van der Waals surface area contributed by atoms with Gasteiger partial charge in [-0.15, -0.1) is 0 Å². The van der Waals surface area contributed by atoms with Crippen molar-refractivity contribution in [3.05, 3.63) is 54.7 Å². The van der Waals surface area contributed by atoms with Gasteiger partial charge in [0.05, 0.1) is 12.3 Å². The lowest BCUT2D eigenvalue weighted by molar-refractivity contribution is 0.137. The van der Waals surface area contributed by atoms with Crippen LogP contribution in [-0.4, -0.2) is 61.9 Å². The number of fused-ring (bicyclic) bond motifs is 1. The molecular weight excluding hydrogens is 380 g/mol. The number of hydrogen-bond acceptors (Lipinski definition) is 5. The zero-order chi connectivity index (χ0) is 20.8. The first kappa shape index (κ1) is 20.1. The topological polar surface area (TPSA) is 69.8 Å². The molecule has 1 saturated heterocycles. The molecule has 0 aliphatic carbocycles. The van der Waals surface area contributed by atoms with E-state index in [1.54, 1.807) is 6.07 Å². The third kappa shape index (κ3) is 4.68. The smallest absolute Gasteiger partial charge is 0.411 e. The van der Waals surface area contributed by atoms with E-state index in [1.807, 2.05) is 31.3 Å². The average molecular weight is 409 g/mol. The Morgan fingerprint density at radius 2 is 1.90 bits per heavy atom. The van der Waals surface area contributed by atoms with Crippen LogP contribution >= 0.6 is 0 Å². The zero-order valence-electron chi connectivity index (χ0n) is 17.3. The number of anilines is 2. The molecule has 0 saturated carbocycles. The summed E-state index contributed by atoms with van der Waals surface area (Å²) in [5.74, 6) is 0.644. The van der Waals surface area contributed by atoms with Crippen molar-refractivity contribution in [2.45, 2.75) is 6.92 Å². The number of para-hydroxylation sites is 2. The number of nitrogens with zero attached hydrogens (tertiary/aromatic N) is 2. The van der Waals surface area contributed by atoms with E-state index in [-0.39, 0.29) is 0 Å². The van der Waals surface area contributed by atoms with Gasteiger partial charge in [-0.2, -0.15) is 0 Å². The second-order valence-corrected chi connectivity index (χ2v) is 7.23. The number of piperazine rings is 1. The van der Waals surface area contributed by atoms with Crippen molar-refractivity contribution in [3.63, 3.8) is 0 Å². The Morgan fingerprint density at radius 3 is 2.73 bits per heavy atom. The fourth-order valence-electron chi connectivity index (χ4n) is 3.82. The average Bonchev–Trinajstić information content (AvgIpc) is 3.25. The van der Waals surface area contributed by atoms with Crippen molar-refractivity contribution in [2.24, 2.45) is 0 Å². The van der Waals surface area contributed by atoms with Crippen LogP contribution in [0.2, 0.25) is 0 Å². The van der Waals surface area contributed by atoms with Gasteiger partial charge in [0.1, 0.15) is 12.4 Å².